The first-order valence-electron chi connectivity index (χ1n) is 12.9. The topological polar surface area (TPSA) is 86.8 Å². The first-order chi connectivity index (χ1) is 18.4. The Balaban J connectivity index is 2.01. The summed E-state index contributed by atoms with van der Waals surface area (Å²) in [6.07, 6.45) is 0. The van der Waals surface area contributed by atoms with E-state index in [2.05, 4.69) is 5.32 Å². The molecule has 0 radical (unpaired) electrons. The monoisotopic (exact) mass is 553 g/mol. The lowest BCUT2D eigenvalue weighted by atomic mass is 10.1. The highest BCUT2D eigenvalue weighted by atomic mass is 32.2. The van der Waals surface area contributed by atoms with E-state index in [0.717, 1.165) is 33.1 Å². The van der Waals surface area contributed by atoms with Crippen LogP contribution in [0.15, 0.2) is 77.7 Å². The van der Waals surface area contributed by atoms with Gasteiger partial charge in [0, 0.05) is 13.1 Å². The van der Waals surface area contributed by atoms with Crippen molar-refractivity contribution in [1.82, 2.24) is 10.2 Å². The van der Waals surface area contributed by atoms with Crippen LogP contribution in [0.2, 0.25) is 0 Å². The molecule has 0 bridgehead atoms. The van der Waals surface area contributed by atoms with Crippen molar-refractivity contribution in [2.75, 3.05) is 17.4 Å². The second kappa shape index (κ2) is 12.9. The number of hydrogen-bond acceptors (Lipinski definition) is 4. The van der Waals surface area contributed by atoms with Gasteiger partial charge in [0.2, 0.25) is 11.8 Å². The van der Waals surface area contributed by atoms with Crippen LogP contribution < -0.4 is 9.62 Å². The predicted molar refractivity (Wildman–Crippen MR) is 151 cm³/mol. The fourth-order valence-electron chi connectivity index (χ4n) is 4.02. The van der Waals surface area contributed by atoms with E-state index < -0.39 is 34.3 Å². The zero-order valence-corrected chi connectivity index (χ0v) is 23.8. The molecule has 3 aromatic carbocycles. The number of halogens is 1. The summed E-state index contributed by atoms with van der Waals surface area (Å²) in [5, 5.41) is 2.87. The van der Waals surface area contributed by atoms with Crippen LogP contribution in [0.5, 0.6) is 0 Å². The Labute approximate surface area is 230 Å². The minimum Gasteiger partial charge on any atom is -0.354 e. The van der Waals surface area contributed by atoms with Gasteiger partial charge in [0.1, 0.15) is 18.4 Å². The second-order valence-electron chi connectivity index (χ2n) is 10.1. The molecule has 0 aliphatic rings. The summed E-state index contributed by atoms with van der Waals surface area (Å²) >= 11 is 0. The smallest absolute Gasteiger partial charge is 0.264 e. The van der Waals surface area contributed by atoms with Crippen LogP contribution in [-0.4, -0.2) is 44.3 Å². The summed E-state index contributed by atoms with van der Waals surface area (Å²) in [6.45, 7) is 9.40. The van der Waals surface area contributed by atoms with Crippen LogP contribution in [0.3, 0.4) is 0 Å². The van der Waals surface area contributed by atoms with Crippen LogP contribution in [0, 0.1) is 25.6 Å². The van der Waals surface area contributed by atoms with Gasteiger partial charge in [-0.2, -0.15) is 0 Å². The van der Waals surface area contributed by atoms with E-state index >= 15 is 0 Å². The molecule has 1 atom stereocenters. The minimum absolute atomic E-state index is 0.120. The lowest BCUT2D eigenvalue weighted by molar-refractivity contribution is -0.139. The molecule has 39 heavy (non-hydrogen) atoms. The zero-order valence-electron chi connectivity index (χ0n) is 23.0. The van der Waals surface area contributed by atoms with Gasteiger partial charge in [-0.3, -0.25) is 13.9 Å². The number of nitrogens with one attached hydrogen (secondary N) is 1. The number of carbonyl (C=O) groups is 2. The van der Waals surface area contributed by atoms with Crippen molar-refractivity contribution in [3.8, 4) is 0 Å². The molecule has 1 N–H and O–H groups in total. The van der Waals surface area contributed by atoms with Gasteiger partial charge in [0.25, 0.3) is 10.0 Å². The average molecular weight is 554 g/mol. The lowest BCUT2D eigenvalue weighted by Gasteiger charge is -2.32. The third-order valence-corrected chi connectivity index (χ3v) is 8.08. The van der Waals surface area contributed by atoms with Gasteiger partial charge in [0.15, 0.2) is 0 Å². The van der Waals surface area contributed by atoms with E-state index in [4.69, 9.17) is 0 Å². The number of benzene rings is 3. The van der Waals surface area contributed by atoms with Crippen LogP contribution in [0.4, 0.5) is 10.1 Å². The first kappa shape index (κ1) is 29.8. The van der Waals surface area contributed by atoms with Crippen molar-refractivity contribution in [3.05, 3.63) is 95.3 Å². The molecule has 0 saturated carbocycles. The molecule has 3 rings (SSSR count). The number of nitrogens with zero attached hydrogens (tertiary/aromatic N) is 2. The fraction of sp³-hybridized carbons (Fsp3) is 0.333. The number of hydrogen-bond donors (Lipinski definition) is 1. The molecule has 0 unspecified atom stereocenters. The third-order valence-electron chi connectivity index (χ3n) is 6.29. The normalized spacial score (nSPS) is 12.2. The molecular formula is C30H36FN3O4S. The summed E-state index contributed by atoms with van der Waals surface area (Å²) in [4.78, 5) is 28.1. The molecule has 0 spiro atoms. The van der Waals surface area contributed by atoms with E-state index in [-0.39, 0.29) is 29.0 Å². The Morgan fingerprint density at radius 1 is 0.897 bits per heavy atom. The summed E-state index contributed by atoms with van der Waals surface area (Å²) in [7, 11) is -4.24. The number of aryl methyl sites for hydroxylation is 2. The van der Waals surface area contributed by atoms with E-state index in [9.17, 15) is 22.4 Å². The van der Waals surface area contributed by atoms with Crippen molar-refractivity contribution < 1.29 is 22.4 Å². The van der Waals surface area contributed by atoms with Gasteiger partial charge >= 0.3 is 0 Å². The van der Waals surface area contributed by atoms with E-state index in [1.165, 1.54) is 17.0 Å². The van der Waals surface area contributed by atoms with Crippen molar-refractivity contribution >= 4 is 27.5 Å². The Bertz CT molecular complexity index is 1390. The van der Waals surface area contributed by atoms with E-state index in [0.29, 0.717) is 6.54 Å². The van der Waals surface area contributed by atoms with Gasteiger partial charge in [0.05, 0.1) is 10.6 Å². The summed E-state index contributed by atoms with van der Waals surface area (Å²) in [6, 6.07) is 17.9. The van der Waals surface area contributed by atoms with Crippen LogP contribution in [0.1, 0.15) is 37.5 Å². The van der Waals surface area contributed by atoms with Crippen molar-refractivity contribution in [1.29, 1.82) is 0 Å². The number of carbonyl (C=O) groups excluding carboxylic acids is 2. The predicted octanol–water partition coefficient (Wildman–Crippen LogP) is 4.83. The SMILES string of the molecule is Cc1ccc(N(CC(=O)N(Cc2cccc(C)c2)[C@@H](C)C(=O)NCC(C)C)S(=O)(=O)c2ccc(F)cc2)cc1. The highest BCUT2D eigenvalue weighted by molar-refractivity contribution is 7.92. The Morgan fingerprint density at radius 3 is 2.13 bits per heavy atom. The number of sulfonamides is 1. The van der Waals surface area contributed by atoms with Gasteiger partial charge in [-0.05, 0) is 68.7 Å². The molecule has 0 saturated heterocycles. The molecule has 0 aromatic heterocycles. The Kier molecular flexibility index (Phi) is 9.86. The zero-order chi connectivity index (χ0) is 28.7. The molecule has 0 aliphatic carbocycles. The van der Waals surface area contributed by atoms with Crippen LogP contribution >= 0.6 is 0 Å². The molecule has 7 nitrogen and oxygen atoms in total. The molecule has 2 amide bonds. The summed E-state index contributed by atoms with van der Waals surface area (Å²) < 4.78 is 42.0. The fourth-order valence-corrected chi connectivity index (χ4v) is 5.43. The number of amides is 2. The van der Waals surface area contributed by atoms with Crippen molar-refractivity contribution in [2.45, 2.75) is 52.1 Å². The molecule has 0 heterocycles. The lowest BCUT2D eigenvalue weighted by Crippen LogP contribution is -2.51. The van der Waals surface area contributed by atoms with Gasteiger partial charge in [-0.1, -0.05) is 61.4 Å². The number of rotatable bonds is 11. The van der Waals surface area contributed by atoms with Crippen LogP contribution in [0.25, 0.3) is 0 Å². The van der Waals surface area contributed by atoms with E-state index in [1.54, 1.807) is 31.2 Å². The Hall–Kier alpha value is -3.72. The third kappa shape index (κ3) is 7.89. The quantitative estimate of drug-likeness (QED) is 0.369. The summed E-state index contributed by atoms with van der Waals surface area (Å²) in [5.74, 6) is -1.22. The molecular weight excluding hydrogens is 517 g/mol. The minimum atomic E-state index is -4.24. The van der Waals surface area contributed by atoms with Gasteiger partial charge < -0.3 is 10.2 Å². The summed E-state index contributed by atoms with van der Waals surface area (Å²) in [5.41, 5.74) is 3.01. The first-order valence-corrected chi connectivity index (χ1v) is 14.3. The second-order valence-corrected chi connectivity index (χ2v) is 12.0. The Morgan fingerprint density at radius 2 is 1.54 bits per heavy atom. The molecule has 0 fully saturated rings. The maximum Gasteiger partial charge on any atom is 0.264 e. The van der Waals surface area contributed by atoms with Gasteiger partial charge in [-0.15, -0.1) is 0 Å². The van der Waals surface area contributed by atoms with Crippen LogP contribution in [-0.2, 0) is 26.2 Å². The van der Waals surface area contributed by atoms with Crippen molar-refractivity contribution in [3.63, 3.8) is 0 Å². The maximum absolute atomic E-state index is 13.9. The highest BCUT2D eigenvalue weighted by Gasteiger charge is 2.32. The van der Waals surface area contributed by atoms with Gasteiger partial charge in [-0.25, -0.2) is 12.8 Å². The standard InChI is InChI=1S/C30H36FN3O4S/c1-21(2)18-32-30(36)24(5)33(19-25-8-6-7-23(4)17-25)29(35)20-34(27-13-9-22(3)10-14-27)39(37,38)28-15-11-26(31)12-16-28/h6-17,21,24H,18-20H2,1-5H3,(H,32,36)/t24-/m0/s1. The maximum atomic E-state index is 13.9. The highest BCUT2D eigenvalue weighted by Crippen LogP contribution is 2.25. The van der Waals surface area contributed by atoms with Crippen molar-refractivity contribution in [2.24, 2.45) is 5.92 Å². The molecule has 0 aliphatic heterocycles. The largest absolute Gasteiger partial charge is 0.354 e. The molecule has 3 aromatic rings. The molecule has 208 valence electrons. The molecule has 9 heteroatoms. The van der Waals surface area contributed by atoms with E-state index in [1.807, 2.05) is 52.0 Å². The number of anilines is 1. The average Bonchev–Trinajstić information content (AvgIpc) is 2.89.